The van der Waals surface area contributed by atoms with Crippen LogP contribution in [0.5, 0.6) is 0 Å². The lowest BCUT2D eigenvalue weighted by Gasteiger charge is -2.26. The molecule has 90 valence electrons. The van der Waals surface area contributed by atoms with E-state index >= 15 is 0 Å². The molecule has 0 amide bonds. The molecule has 16 heavy (non-hydrogen) atoms. The molecule has 4 heteroatoms. The minimum atomic E-state index is 0.527. The van der Waals surface area contributed by atoms with E-state index in [0.29, 0.717) is 12.5 Å². The summed E-state index contributed by atoms with van der Waals surface area (Å²) in [6.07, 6.45) is 7.62. The van der Waals surface area contributed by atoms with Crippen molar-refractivity contribution in [2.45, 2.75) is 64.5 Å². The fourth-order valence-electron chi connectivity index (χ4n) is 2.31. The number of nitrogens with zero attached hydrogens (tertiary/aromatic N) is 3. The molecule has 1 aliphatic carbocycles. The van der Waals surface area contributed by atoms with Crippen LogP contribution >= 0.6 is 0 Å². The summed E-state index contributed by atoms with van der Waals surface area (Å²) >= 11 is 0. The highest BCUT2D eigenvalue weighted by atomic mass is 15.4. The summed E-state index contributed by atoms with van der Waals surface area (Å²) in [5.41, 5.74) is 8.06. The van der Waals surface area contributed by atoms with Crippen LogP contribution in [0.3, 0.4) is 0 Å². The Hall–Kier alpha value is -0.900. The monoisotopic (exact) mass is 222 g/mol. The molecule has 4 nitrogen and oxygen atoms in total. The molecule has 1 fully saturated rings. The van der Waals surface area contributed by atoms with Crippen molar-refractivity contribution in [1.29, 1.82) is 0 Å². The first-order valence-corrected chi connectivity index (χ1v) is 6.49. The van der Waals surface area contributed by atoms with Gasteiger partial charge in [-0.2, -0.15) is 0 Å². The molecule has 1 aromatic heterocycles. The summed E-state index contributed by atoms with van der Waals surface area (Å²) in [7, 11) is 0. The van der Waals surface area contributed by atoms with E-state index < -0.39 is 0 Å². The summed E-state index contributed by atoms with van der Waals surface area (Å²) < 4.78 is 2.10. The van der Waals surface area contributed by atoms with Crippen LogP contribution in [0, 0.1) is 0 Å². The van der Waals surface area contributed by atoms with Gasteiger partial charge < -0.3 is 5.73 Å². The second kappa shape index (κ2) is 5.43. The third-order valence-electron chi connectivity index (χ3n) is 3.51. The van der Waals surface area contributed by atoms with E-state index in [9.17, 15) is 0 Å². The summed E-state index contributed by atoms with van der Waals surface area (Å²) in [4.78, 5) is 0. The van der Waals surface area contributed by atoms with Gasteiger partial charge in [-0.25, -0.2) is 4.68 Å². The zero-order chi connectivity index (χ0) is 11.4. The van der Waals surface area contributed by atoms with Gasteiger partial charge in [0.05, 0.1) is 11.4 Å². The van der Waals surface area contributed by atoms with Crippen LogP contribution in [0.15, 0.2) is 0 Å². The standard InChI is InChI=1S/C12H22N4/c1-2-3-4-8-16-12(10-6-5-7-10)11(9-13)14-15-16/h10H,2-9,13H2,1H3. The molecule has 0 aromatic carbocycles. The lowest BCUT2D eigenvalue weighted by Crippen LogP contribution is -2.18. The Kier molecular flexibility index (Phi) is 3.93. The van der Waals surface area contributed by atoms with Crippen molar-refractivity contribution in [3.63, 3.8) is 0 Å². The lowest BCUT2D eigenvalue weighted by molar-refractivity contribution is 0.381. The quantitative estimate of drug-likeness (QED) is 0.751. The highest BCUT2D eigenvalue weighted by molar-refractivity contribution is 5.17. The molecule has 0 aliphatic heterocycles. The predicted octanol–water partition coefficient (Wildman–Crippen LogP) is 2.19. The molecule has 1 aromatic rings. The Labute approximate surface area is 97.2 Å². The van der Waals surface area contributed by atoms with Gasteiger partial charge in [0.15, 0.2) is 0 Å². The van der Waals surface area contributed by atoms with E-state index in [1.807, 2.05) is 0 Å². The molecule has 2 N–H and O–H groups in total. The summed E-state index contributed by atoms with van der Waals surface area (Å²) in [5, 5.41) is 8.45. The van der Waals surface area contributed by atoms with Crippen LogP contribution in [0.4, 0.5) is 0 Å². The smallest absolute Gasteiger partial charge is 0.0997 e. The number of hydrogen-bond acceptors (Lipinski definition) is 3. The number of aryl methyl sites for hydroxylation is 1. The lowest BCUT2D eigenvalue weighted by atomic mass is 9.82. The first kappa shape index (κ1) is 11.6. The molecule has 2 rings (SSSR count). The first-order chi connectivity index (χ1) is 7.86. The minimum absolute atomic E-state index is 0.527. The zero-order valence-corrected chi connectivity index (χ0v) is 10.2. The maximum absolute atomic E-state index is 5.72. The van der Waals surface area contributed by atoms with Crippen molar-refractivity contribution in [3.8, 4) is 0 Å². The topological polar surface area (TPSA) is 56.7 Å². The normalized spacial score (nSPS) is 16.4. The number of hydrogen-bond donors (Lipinski definition) is 1. The first-order valence-electron chi connectivity index (χ1n) is 6.49. The van der Waals surface area contributed by atoms with Crippen LogP contribution < -0.4 is 5.73 Å². The van der Waals surface area contributed by atoms with E-state index in [2.05, 4.69) is 21.9 Å². The Morgan fingerprint density at radius 3 is 2.75 bits per heavy atom. The Balaban J connectivity index is 2.07. The van der Waals surface area contributed by atoms with E-state index in [1.54, 1.807) is 0 Å². The minimum Gasteiger partial charge on any atom is -0.325 e. The van der Waals surface area contributed by atoms with Crippen LogP contribution in [0.25, 0.3) is 0 Å². The number of rotatable bonds is 6. The maximum atomic E-state index is 5.72. The van der Waals surface area contributed by atoms with Crippen molar-refractivity contribution in [2.75, 3.05) is 0 Å². The van der Waals surface area contributed by atoms with Crippen molar-refractivity contribution in [3.05, 3.63) is 11.4 Å². The van der Waals surface area contributed by atoms with Gasteiger partial charge in [0, 0.05) is 19.0 Å². The second-order valence-electron chi connectivity index (χ2n) is 4.68. The van der Waals surface area contributed by atoms with Crippen molar-refractivity contribution in [1.82, 2.24) is 15.0 Å². The van der Waals surface area contributed by atoms with Gasteiger partial charge in [0.2, 0.25) is 0 Å². The van der Waals surface area contributed by atoms with Crippen LogP contribution in [-0.4, -0.2) is 15.0 Å². The second-order valence-corrected chi connectivity index (χ2v) is 4.68. The summed E-state index contributed by atoms with van der Waals surface area (Å²) in [5.74, 6) is 0.676. The van der Waals surface area contributed by atoms with Crippen molar-refractivity contribution < 1.29 is 0 Å². The fourth-order valence-corrected chi connectivity index (χ4v) is 2.31. The molecular formula is C12H22N4. The number of aromatic nitrogens is 3. The molecule has 1 heterocycles. The van der Waals surface area contributed by atoms with E-state index in [-0.39, 0.29) is 0 Å². The molecule has 1 aliphatic rings. The van der Waals surface area contributed by atoms with Gasteiger partial charge >= 0.3 is 0 Å². The van der Waals surface area contributed by atoms with Crippen molar-refractivity contribution >= 4 is 0 Å². The van der Waals surface area contributed by atoms with Gasteiger partial charge in [0.25, 0.3) is 0 Å². The van der Waals surface area contributed by atoms with Gasteiger partial charge in [-0.15, -0.1) is 5.10 Å². The van der Waals surface area contributed by atoms with Crippen LogP contribution in [-0.2, 0) is 13.1 Å². The third kappa shape index (κ3) is 2.26. The Morgan fingerprint density at radius 2 is 2.19 bits per heavy atom. The average molecular weight is 222 g/mol. The zero-order valence-electron chi connectivity index (χ0n) is 10.2. The predicted molar refractivity (Wildman–Crippen MR) is 64.0 cm³/mol. The molecular weight excluding hydrogens is 200 g/mol. The molecule has 0 radical (unpaired) electrons. The Morgan fingerprint density at radius 1 is 1.38 bits per heavy atom. The summed E-state index contributed by atoms with van der Waals surface area (Å²) in [6, 6.07) is 0. The van der Waals surface area contributed by atoms with Gasteiger partial charge in [-0.05, 0) is 19.3 Å². The summed E-state index contributed by atoms with van der Waals surface area (Å²) in [6.45, 7) is 3.76. The van der Waals surface area contributed by atoms with Gasteiger partial charge in [0.1, 0.15) is 0 Å². The largest absolute Gasteiger partial charge is 0.325 e. The Bertz CT molecular complexity index is 328. The molecule has 0 spiro atoms. The maximum Gasteiger partial charge on any atom is 0.0997 e. The number of unbranched alkanes of at least 4 members (excludes halogenated alkanes) is 2. The molecule has 0 atom stereocenters. The number of nitrogens with two attached hydrogens (primary N) is 1. The van der Waals surface area contributed by atoms with E-state index in [1.165, 1.54) is 44.2 Å². The van der Waals surface area contributed by atoms with Crippen LogP contribution in [0.1, 0.15) is 62.8 Å². The fraction of sp³-hybridized carbons (Fsp3) is 0.833. The third-order valence-corrected chi connectivity index (χ3v) is 3.51. The molecule has 0 bridgehead atoms. The average Bonchev–Trinajstić information content (AvgIpc) is 2.60. The van der Waals surface area contributed by atoms with E-state index in [0.717, 1.165) is 12.2 Å². The highest BCUT2D eigenvalue weighted by Gasteiger charge is 2.26. The molecule has 0 saturated heterocycles. The van der Waals surface area contributed by atoms with Crippen molar-refractivity contribution in [2.24, 2.45) is 5.73 Å². The van der Waals surface area contributed by atoms with Crippen LogP contribution in [0.2, 0.25) is 0 Å². The molecule has 1 saturated carbocycles. The SMILES string of the molecule is CCCCCn1nnc(CN)c1C1CCC1. The highest BCUT2D eigenvalue weighted by Crippen LogP contribution is 2.37. The van der Waals surface area contributed by atoms with E-state index in [4.69, 9.17) is 5.73 Å². The van der Waals surface area contributed by atoms with Gasteiger partial charge in [-0.3, -0.25) is 0 Å². The van der Waals surface area contributed by atoms with Gasteiger partial charge in [-0.1, -0.05) is 31.4 Å². The molecule has 0 unspecified atom stereocenters.